The van der Waals surface area contributed by atoms with Crippen molar-refractivity contribution in [3.8, 4) is 17.2 Å². The van der Waals surface area contributed by atoms with Crippen LogP contribution in [-0.4, -0.2) is 47.1 Å². The number of nitriles is 1. The van der Waals surface area contributed by atoms with Gasteiger partial charge in [-0.1, -0.05) is 12.1 Å². The van der Waals surface area contributed by atoms with E-state index in [1.165, 1.54) is 0 Å². The Kier molecular flexibility index (Phi) is 5.40. The van der Waals surface area contributed by atoms with Crippen LogP contribution in [0, 0.1) is 11.3 Å². The first kappa shape index (κ1) is 20.0. The van der Waals surface area contributed by atoms with Gasteiger partial charge >= 0.3 is 6.03 Å². The van der Waals surface area contributed by atoms with Crippen LogP contribution in [0.1, 0.15) is 5.56 Å². The van der Waals surface area contributed by atoms with Crippen molar-refractivity contribution in [2.75, 3.05) is 36.4 Å². The van der Waals surface area contributed by atoms with E-state index in [0.717, 1.165) is 27.8 Å². The number of hydrogen-bond donors (Lipinski definition) is 1. The Morgan fingerprint density at radius 2 is 1.97 bits per heavy atom. The lowest BCUT2D eigenvalue weighted by molar-refractivity contribution is 0.208. The third-order valence-electron chi connectivity index (χ3n) is 5.57. The molecule has 1 aliphatic heterocycles. The first-order valence-corrected chi connectivity index (χ1v) is 11.2. The highest BCUT2D eigenvalue weighted by atomic mass is 32.1. The van der Waals surface area contributed by atoms with Gasteiger partial charge in [0.05, 0.1) is 11.6 Å². The molecule has 0 aliphatic carbocycles. The van der Waals surface area contributed by atoms with Gasteiger partial charge in [0.1, 0.15) is 5.52 Å². The average Bonchev–Trinajstić information content (AvgIpc) is 3.38. The Hall–Kier alpha value is -3.96. The second kappa shape index (κ2) is 8.65. The quantitative estimate of drug-likeness (QED) is 0.504. The van der Waals surface area contributed by atoms with Crippen LogP contribution in [0.5, 0.6) is 0 Å². The van der Waals surface area contributed by atoms with E-state index in [2.05, 4.69) is 44.2 Å². The number of nitrogens with zero attached hydrogens (tertiary/aromatic N) is 5. The summed E-state index contributed by atoms with van der Waals surface area (Å²) in [5.74, 6) is 0.848. The Morgan fingerprint density at radius 1 is 1.09 bits per heavy atom. The Bertz CT molecular complexity index is 1310. The molecule has 2 amide bonds. The number of carbonyl (C=O) groups is 1. The fraction of sp³-hybridized carbons (Fsp3) is 0.167. The maximum atomic E-state index is 12.7. The lowest BCUT2D eigenvalue weighted by atomic mass is 10.1. The largest absolute Gasteiger partial charge is 0.351 e. The third kappa shape index (κ3) is 3.86. The molecule has 7 nitrogen and oxygen atoms in total. The molecule has 1 N–H and O–H groups in total. The molecule has 3 aromatic heterocycles. The Balaban J connectivity index is 1.32. The molecule has 0 atom stereocenters. The zero-order valence-electron chi connectivity index (χ0n) is 17.2. The second-order valence-corrected chi connectivity index (χ2v) is 8.28. The number of nitrogens with one attached hydrogen (secondary N) is 1. The highest BCUT2D eigenvalue weighted by molar-refractivity contribution is 7.08. The molecule has 32 heavy (non-hydrogen) atoms. The van der Waals surface area contributed by atoms with Crippen LogP contribution in [0.25, 0.3) is 22.0 Å². The average molecular weight is 441 g/mol. The van der Waals surface area contributed by atoms with Gasteiger partial charge in [-0.25, -0.2) is 9.78 Å². The van der Waals surface area contributed by atoms with Crippen LogP contribution in [0.2, 0.25) is 0 Å². The first-order chi connectivity index (χ1) is 15.7. The number of fused-ring (bicyclic) bond motifs is 1. The minimum absolute atomic E-state index is 0.163. The highest BCUT2D eigenvalue weighted by Crippen LogP contribution is 2.33. The van der Waals surface area contributed by atoms with Gasteiger partial charge in [-0.15, -0.1) is 0 Å². The van der Waals surface area contributed by atoms with Crippen molar-refractivity contribution in [2.24, 2.45) is 0 Å². The fourth-order valence-corrected chi connectivity index (χ4v) is 4.58. The van der Waals surface area contributed by atoms with Crippen molar-refractivity contribution in [3.63, 3.8) is 0 Å². The summed E-state index contributed by atoms with van der Waals surface area (Å²) in [5.41, 5.74) is 4.24. The van der Waals surface area contributed by atoms with Gasteiger partial charge in [-0.05, 0) is 46.7 Å². The van der Waals surface area contributed by atoms with Crippen molar-refractivity contribution in [1.29, 1.82) is 5.26 Å². The third-order valence-corrected chi connectivity index (χ3v) is 6.25. The van der Waals surface area contributed by atoms with E-state index in [4.69, 9.17) is 10.2 Å². The molecule has 4 aromatic rings. The topological polar surface area (TPSA) is 85.2 Å². The number of rotatable bonds is 3. The number of amides is 2. The molecular weight excluding hydrogens is 420 g/mol. The highest BCUT2D eigenvalue weighted by Gasteiger charge is 2.24. The summed E-state index contributed by atoms with van der Waals surface area (Å²) in [6, 6.07) is 15.0. The van der Waals surface area contributed by atoms with E-state index in [0.29, 0.717) is 37.4 Å². The summed E-state index contributed by atoms with van der Waals surface area (Å²) in [4.78, 5) is 26.0. The van der Waals surface area contributed by atoms with Crippen molar-refractivity contribution < 1.29 is 4.79 Å². The SMILES string of the molecule is N#Cc1cccc(NC(=O)N2CCN(c3ncc(-c4ccsc4)c4cccnc34)CC2)c1. The molecule has 0 bridgehead atoms. The number of benzene rings is 1. The Morgan fingerprint density at radius 3 is 2.75 bits per heavy atom. The van der Waals surface area contributed by atoms with Crippen LogP contribution < -0.4 is 10.2 Å². The van der Waals surface area contributed by atoms with Gasteiger partial charge in [-0.2, -0.15) is 16.6 Å². The van der Waals surface area contributed by atoms with Crippen LogP contribution in [0.4, 0.5) is 16.3 Å². The summed E-state index contributed by atoms with van der Waals surface area (Å²) in [7, 11) is 0. The van der Waals surface area contributed by atoms with Crippen molar-refractivity contribution in [3.05, 3.63) is 71.2 Å². The van der Waals surface area contributed by atoms with Gasteiger partial charge in [0.15, 0.2) is 5.82 Å². The second-order valence-electron chi connectivity index (χ2n) is 7.50. The minimum atomic E-state index is -0.163. The van der Waals surface area contributed by atoms with Crippen LogP contribution in [-0.2, 0) is 0 Å². The number of anilines is 2. The normalized spacial score (nSPS) is 13.7. The molecule has 1 aromatic carbocycles. The number of urea groups is 1. The van der Waals surface area contributed by atoms with E-state index >= 15 is 0 Å². The number of pyridine rings is 2. The molecule has 8 heteroatoms. The maximum absolute atomic E-state index is 12.7. The van der Waals surface area contributed by atoms with Crippen molar-refractivity contribution in [2.45, 2.75) is 0 Å². The van der Waals surface area contributed by atoms with E-state index in [9.17, 15) is 4.79 Å². The minimum Gasteiger partial charge on any atom is -0.351 e. The fourth-order valence-electron chi connectivity index (χ4n) is 3.93. The molecule has 4 heterocycles. The number of aromatic nitrogens is 2. The van der Waals surface area contributed by atoms with Gasteiger partial charge in [0.2, 0.25) is 0 Å². The molecule has 1 aliphatic rings. The molecule has 0 spiro atoms. The standard InChI is InChI=1S/C24H20N6OS/c25-14-17-3-1-4-19(13-17)28-24(31)30-10-8-29(9-11-30)23-22-20(5-2-7-26-22)21(15-27-23)18-6-12-32-16-18/h1-7,12-13,15-16H,8-11H2,(H,28,31). The molecule has 0 radical (unpaired) electrons. The zero-order chi connectivity index (χ0) is 21.9. The number of carbonyl (C=O) groups excluding carboxylic acids is 1. The number of hydrogen-bond acceptors (Lipinski definition) is 6. The predicted octanol–water partition coefficient (Wildman–Crippen LogP) is 4.58. The first-order valence-electron chi connectivity index (χ1n) is 10.3. The summed E-state index contributed by atoms with van der Waals surface area (Å²) in [5, 5.41) is 17.2. The molecule has 5 rings (SSSR count). The van der Waals surface area contributed by atoms with Crippen LogP contribution >= 0.6 is 11.3 Å². The molecule has 0 saturated carbocycles. The lowest BCUT2D eigenvalue weighted by Gasteiger charge is -2.35. The van der Waals surface area contributed by atoms with E-state index < -0.39 is 0 Å². The van der Waals surface area contributed by atoms with E-state index in [1.807, 2.05) is 12.3 Å². The van der Waals surface area contributed by atoms with Crippen molar-refractivity contribution >= 4 is 39.8 Å². The van der Waals surface area contributed by atoms with E-state index in [1.54, 1.807) is 46.7 Å². The van der Waals surface area contributed by atoms with Gasteiger partial charge in [0, 0.05) is 55.2 Å². The molecule has 1 saturated heterocycles. The monoisotopic (exact) mass is 440 g/mol. The van der Waals surface area contributed by atoms with Gasteiger partial charge in [-0.3, -0.25) is 4.98 Å². The van der Waals surface area contributed by atoms with Gasteiger partial charge < -0.3 is 15.1 Å². The molecular formula is C24H20N6OS. The summed E-state index contributed by atoms with van der Waals surface area (Å²) in [6.45, 7) is 2.49. The number of piperazine rings is 1. The summed E-state index contributed by atoms with van der Waals surface area (Å²) < 4.78 is 0. The van der Waals surface area contributed by atoms with Crippen LogP contribution in [0.15, 0.2) is 65.6 Å². The maximum Gasteiger partial charge on any atom is 0.321 e. The summed E-state index contributed by atoms with van der Waals surface area (Å²) in [6.07, 6.45) is 3.71. The Labute approximate surface area is 189 Å². The zero-order valence-corrected chi connectivity index (χ0v) is 18.0. The molecule has 1 fully saturated rings. The van der Waals surface area contributed by atoms with E-state index in [-0.39, 0.29) is 6.03 Å². The predicted molar refractivity (Wildman–Crippen MR) is 127 cm³/mol. The smallest absolute Gasteiger partial charge is 0.321 e. The summed E-state index contributed by atoms with van der Waals surface area (Å²) >= 11 is 1.66. The van der Waals surface area contributed by atoms with Crippen LogP contribution in [0.3, 0.4) is 0 Å². The molecule has 158 valence electrons. The number of thiophene rings is 1. The lowest BCUT2D eigenvalue weighted by Crippen LogP contribution is -2.50. The molecule has 0 unspecified atom stereocenters. The van der Waals surface area contributed by atoms with Crippen molar-refractivity contribution in [1.82, 2.24) is 14.9 Å². The van der Waals surface area contributed by atoms with Gasteiger partial charge in [0.25, 0.3) is 0 Å².